The molecule has 1 amide bonds. The molecule has 4 heterocycles. The summed E-state index contributed by atoms with van der Waals surface area (Å²) in [6.45, 7) is 4.24. The molecule has 1 aliphatic heterocycles. The van der Waals surface area contributed by atoms with Crippen molar-refractivity contribution < 1.29 is 18.7 Å². The lowest BCUT2D eigenvalue weighted by Gasteiger charge is -2.29. The summed E-state index contributed by atoms with van der Waals surface area (Å²) in [5.74, 6) is -0.314. The molecule has 0 radical (unpaired) electrons. The number of pyridine rings is 1. The number of hydrogen-bond donors (Lipinski definition) is 0. The molecule has 0 saturated carbocycles. The fourth-order valence-corrected chi connectivity index (χ4v) is 4.19. The number of carbonyl (C=O) groups is 2. The highest BCUT2D eigenvalue weighted by Gasteiger charge is 2.25. The lowest BCUT2D eigenvalue weighted by Crippen LogP contribution is -2.38. The quantitative estimate of drug-likeness (QED) is 0.424. The molecule has 0 N–H and O–H groups in total. The maximum atomic E-state index is 13.1. The Balaban J connectivity index is 1.42. The normalized spacial score (nSPS) is 13.4. The Kier molecular flexibility index (Phi) is 5.42. The van der Waals surface area contributed by atoms with Gasteiger partial charge in [-0.3, -0.25) is 4.79 Å². The van der Waals surface area contributed by atoms with E-state index in [1.807, 2.05) is 38.1 Å². The standard InChI is InChI=1S/C25H24N4O4/c1-16(2)29-24-19(14-26-29)18(13-20(27-24)22-10-6-12-32-22)25(31)33-15-23(30)28-11-5-8-17-7-3-4-9-21(17)28/h3-4,6-7,9-10,12-14,16H,5,8,11,15H2,1-2H3. The number of aromatic nitrogens is 3. The molecule has 0 aliphatic carbocycles. The molecule has 0 fully saturated rings. The summed E-state index contributed by atoms with van der Waals surface area (Å²) >= 11 is 0. The minimum atomic E-state index is -0.600. The minimum Gasteiger partial charge on any atom is -0.463 e. The lowest BCUT2D eigenvalue weighted by atomic mass is 10.0. The second-order valence-corrected chi connectivity index (χ2v) is 8.31. The Morgan fingerprint density at radius 3 is 2.82 bits per heavy atom. The van der Waals surface area contributed by atoms with Crippen LogP contribution in [0.5, 0.6) is 0 Å². The number of nitrogens with zero attached hydrogens (tertiary/aromatic N) is 4. The lowest BCUT2D eigenvalue weighted by molar-refractivity contribution is -0.121. The number of hydrogen-bond acceptors (Lipinski definition) is 6. The second-order valence-electron chi connectivity index (χ2n) is 8.31. The fraction of sp³-hybridized carbons (Fsp3) is 0.280. The first-order chi connectivity index (χ1) is 16.0. The van der Waals surface area contributed by atoms with Crippen molar-refractivity contribution in [1.82, 2.24) is 14.8 Å². The van der Waals surface area contributed by atoms with Crippen LogP contribution in [0.2, 0.25) is 0 Å². The number of fused-ring (bicyclic) bond motifs is 2. The highest BCUT2D eigenvalue weighted by Crippen LogP contribution is 2.28. The van der Waals surface area contributed by atoms with Gasteiger partial charge in [0.15, 0.2) is 18.0 Å². The van der Waals surface area contributed by atoms with E-state index < -0.39 is 5.97 Å². The third-order valence-electron chi connectivity index (χ3n) is 5.79. The first-order valence-electron chi connectivity index (χ1n) is 11.0. The Hall–Kier alpha value is -3.94. The molecule has 5 rings (SSSR count). The molecule has 0 unspecified atom stereocenters. The van der Waals surface area contributed by atoms with E-state index in [0.717, 1.165) is 24.1 Å². The average molecular weight is 444 g/mol. The summed E-state index contributed by atoms with van der Waals surface area (Å²) in [6, 6.07) is 13.0. The maximum Gasteiger partial charge on any atom is 0.339 e. The Labute approximate surface area is 190 Å². The number of esters is 1. The number of anilines is 1. The van der Waals surface area contributed by atoms with Crippen molar-refractivity contribution >= 4 is 28.6 Å². The first kappa shape index (κ1) is 20.9. The SMILES string of the molecule is CC(C)n1ncc2c(C(=O)OCC(=O)N3CCCc4ccccc43)cc(-c3ccco3)nc21. The third kappa shape index (κ3) is 3.88. The predicted octanol–water partition coefficient (Wildman–Crippen LogP) is 4.41. The Morgan fingerprint density at radius 2 is 2.03 bits per heavy atom. The van der Waals surface area contributed by atoms with E-state index in [2.05, 4.69) is 10.1 Å². The van der Waals surface area contributed by atoms with Crippen LogP contribution in [0.15, 0.2) is 59.3 Å². The zero-order chi connectivity index (χ0) is 22.9. The monoisotopic (exact) mass is 444 g/mol. The average Bonchev–Trinajstić information content (AvgIpc) is 3.51. The van der Waals surface area contributed by atoms with Crippen molar-refractivity contribution in [1.29, 1.82) is 0 Å². The number of carbonyl (C=O) groups excluding carboxylic acids is 2. The van der Waals surface area contributed by atoms with Crippen molar-refractivity contribution in [2.45, 2.75) is 32.7 Å². The molecule has 0 saturated heterocycles. The van der Waals surface area contributed by atoms with Crippen LogP contribution in [0.1, 0.15) is 42.2 Å². The minimum absolute atomic E-state index is 0.0477. The van der Waals surface area contributed by atoms with Gasteiger partial charge in [-0.15, -0.1) is 0 Å². The van der Waals surface area contributed by atoms with E-state index in [0.29, 0.717) is 34.6 Å². The van der Waals surface area contributed by atoms with Crippen molar-refractivity contribution in [2.75, 3.05) is 18.1 Å². The largest absolute Gasteiger partial charge is 0.463 e. The van der Waals surface area contributed by atoms with Crippen LogP contribution in [0.25, 0.3) is 22.5 Å². The number of amides is 1. The van der Waals surface area contributed by atoms with Gasteiger partial charge in [0.05, 0.1) is 23.4 Å². The number of aryl methyl sites for hydroxylation is 1. The molecule has 4 aromatic rings. The highest BCUT2D eigenvalue weighted by atomic mass is 16.5. The number of benzene rings is 1. The third-order valence-corrected chi connectivity index (χ3v) is 5.79. The van der Waals surface area contributed by atoms with E-state index in [9.17, 15) is 9.59 Å². The molecular formula is C25H24N4O4. The Morgan fingerprint density at radius 1 is 1.18 bits per heavy atom. The van der Waals surface area contributed by atoms with E-state index in [-0.39, 0.29) is 18.6 Å². The van der Waals surface area contributed by atoms with E-state index >= 15 is 0 Å². The maximum absolute atomic E-state index is 13.1. The molecule has 168 valence electrons. The topological polar surface area (TPSA) is 90.5 Å². The van der Waals surface area contributed by atoms with Crippen molar-refractivity contribution in [2.24, 2.45) is 0 Å². The molecule has 3 aromatic heterocycles. The van der Waals surface area contributed by atoms with Gasteiger partial charge in [-0.2, -0.15) is 5.10 Å². The van der Waals surface area contributed by atoms with Crippen LogP contribution in [0.4, 0.5) is 5.69 Å². The predicted molar refractivity (Wildman–Crippen MR) is 123 cm³/mol. The zero-order valence-electron chi connectivity index (χ0n) is 18.5. The molecule has 1 aromatic carbocycles. The van der Waals surface area contributed by atoms with Crippen LogP contribution < -0.4 is 4.90 Å². The van der Waals surface area contributed by atoms with Gasteiger partial charge >= 0.3 is 5.97 Å². The zero-order valence-corrected chi connectivity index (χ0v) is 18.5. The number of furan rings is 1. The van der Waals surface area contributed by atoms with Crippen molar-refractivity contribution in [3.8, 4) is 11.5 Å². The van der Waals surface area contributed by atoms with Gasteiger partial charge in [0.25, 0.3) is 5.91 Å². The van der Waals surface area contributed by atoms with E-state index in [4.69, 9.17) is 9.15 Å². The number of ether oxygens (including phenoxy) is 1. The van der Waals surface area contributed by atoms with Gasteiger partial charge in [0.2, 0.25) is 0 Å². The molecular weight excluding hydrogens is 420 g/mol. The molecule has 0 atom stereocenters. The number of para-hydroxylation sites is 1. The van der Waals surface area contributed by atoms with Gasteiger partial charge in [0, 0.05) is 18.3 Å². The van der Waals surface area contributed by atoms with Gasteiger partial charge in [0.1, 0.15) is 5.69 Å². The highest BCUT2D eigenvalue weighted by molar-refractivity contribution is 6.05. The van der Waals surface area contributed by atoms with Gasteiger partial charge in [-0.05, 0) is 56.5 Å². The molecule has 0 spiro atoms. The van der Waals surface area contributed by atoms with Crippen LogP contribution in [-0.2, 0) is 16.0 Å². The van der Waals surface area contributed by atoms with Crippen molar-refractivity contribution in [3.63, 3.8) is 0 Å². The molecule has 8 nitrogen and oxygen atoms in total. The molecule has 8 heteroatoms. The van der Waals surface area contributed by atoms with Crippen LogP contribution in [-0.4, -0.2) is 39.8 Å². The van der Waals surface area contributed by atoms with E-state index in [1.54, 1.807) is 40.2 Å². The van der Waals surface area contributed by atoms with Crippen molar-refractivity contribution in [3.05, 3.63) is 66.1 Å². The first-order valence-corrected chi connectivity index (χ1v) is 11.0. The molecule has 0 bridgehead atoms. The molecule has 1 aliphatic rings. The summed E-state index contributed by atoms with van der Waals surface area (Å²) in [4.78, 5) is 32.4. The smallest absolute Gasteiger partial charge is 0.339 e. The van der Waals surface area contributed by atoms with Crippen LogP contribution in [0, 0.1) is 0 Å². The fourth-order valence-electron chi connectivity index (χ4n) is 4.19. The van der Waals surface area contributed by atoms with Crippen LogP contribution >= 0.6 is 0 Å². The van der Waals surface area contributed by atoms with Gasteiger partial charge < -0.3 is 14.1 Å². The second kappa shape index (κ2) is 8.54. The summed E-state index contributed by atoms with van der Waals surface area (Å²) in [7, 11) is 0. The summed E-state index contributed by atoms with van der Waals surface area (Å²) in [6.07, 6.45) is 4.97. The molecule has 33 heavy (non-hydrogen) atoms. The van der Waals surface area contributed by atoms with Gasteiger partial charge in [-0.25, -0.2) is 14.5 Å². The van der Waals surface area contributed by atoms with E-state index in [1.165, 1.54) is 0 Å². The summed E-state index contributed by atoms with van der Waals surface area (Å²) in [5, 5.41) is 4.96. The van der Waals surface area contributed by atoms with Gasteiger partial charge in [-0.1, -0.05) is 18.2 Å². The number of rotatable bonds is 5. The Bertz CT molecular complexity index is 1320. The summed E-state index contributed by atoms with van der Waals surface area (Å²) < 4.78 is 12.7. The van der Waals surface area contributed by atoms with Crippen LogP contribution in [0.3, 0.4) is 0 Å². The summed E-state index contributed by atoms with van der Waals surface area (Å²) in [5.41, 5.74) is 3.36.